The molecule has 0 radical (unpaired) electrons. The predicted molar refractivity (Wildman–Crippen MR) is 64.0 cm³/mol. The van der Waals surface area contributed by atoms with Crippen LogP contribution < -0.4 is 0 Å². The molecule has 1 heterocycles. The molecule has 0 fully saturated rings. The second-order valence-electron chi connectivity index (χ2n) is 4.38. The first kappa shape index (κ1) is 10.3. The Labute approximate surface area is 99.5 Å². The molecule has 1 aliphatic rings. The van der Waals surface area contributed by atoms with Crippen molar-refractivity contribution in [3.8, 4) is 11.3 Å². The van der Waals surface area contributed by atoms with Gasteiger partial charge in [-0.3, -0.25) is 4.79 Å². The quantitative estimate of drug-likeness (QED) is 0.740. The number of aldehydes is 1. The average molecular weight is 227 g/mol. The Morgan fingerprint density at radius 2 is 2.00 bits per heavy atom. The molecule has 0 bridgehead atoms. The third-order valence-electron chi connectivity index (χ3n) is 3.27. The van der Waals surface area contributed by atoms with Crippen LogP contribution in [0.15, 0.2) is 28.9 Å². The molecular formula is C14H13NO2. The van der Waals surface area contributed by atoms with Crippen molar-refractivity contribution < 1.29 is 9.21 Å². The molecule has 0 saturated carbocycles. The number of aryl methyl sites for hydroxylation is 2. The van der Waals surface area contributed by atoms with Crippen molar-refractivity contribution in [2.45, 2.75) is 25.7 Å². The highest BCUT2D eigenvalue weighted by atomic mass is 16.3. The third-order valence-corrected chi connectivity index (χ3v) is 3.27. The molecular weight excluding hydrogens is 214 g/mol. The van der Waals surface area contributed by atoms with Crippen LogP contribution in [0.3, 0.4) is 0 Å². The second-order valence-corrected chi connectivity index (χ2v) is 4.38. The number of rotatable bonds is 2. The fourth-order valence-electron chi connectivity index (χ4n) is 2.37. The van der Waals surface area contributed by atoms with Crippen molar-refractivity contribution in [2.75, 3.05) is 0 Å². The number of aromatic nitrogens is 1. The Morgan fingerprint density at radius 3 is 2.76 bits per heavy atom. The first-order valence-electron chi connectivity index (χ1n) is 5.90. The van der Waals surface area contributed by atoms with Crippen molar-refractivity contribution in [3.05, 3.63) is 41.5 Å². The van der Waals surface area contributed by atoms with Gasteiger partial charge in [0.1, 0.15) is 12.0 Å². The maximum atomic E-state index is 10.5. The topological polar surface area (TPSA) is 43.1 Å². The maximum absolute atomic E-state index is 10.5. The smallest absolute Gasteiger partial charge is 0.260 e. The number of oxazole rings is 1. The van der Waals surface area contributed by atoms with E-state index in [1.807, 2.05) is 0 Å². The van der Waals surface area contributed by atoms with E-state index in [1.165, 1.54) is 36.7 Å². The Bertz CT molecular complexity index is 557. The van der Waals surface area contributed by atoms with Crippen LogP contribution in [0.4, 0.5) is 0 Å². The van der Waals surface area contributed by atoms with Crippen LogP contribution in [0.2, 0.25) is 0 Å². The zero-order valence-corrected chi connectivity index (χ0v) is 9.48. The summed E-state index contributed by atoms with van der Waals surface area (Å²) in [4.78, 5) is 14.6. The van der Waals surface area contributed by atoms with Crippen molar-refractivity contribution in [2.24, 2.45) is 0 Å². The summed E-state index contributed by atoms with van der Waals surface area (Å²) >= 11 is 0. The lowest BCUT2D eigenvalue weighted by atomic mass is 9.90. The lowest BCUT2D eigenvalue weighted by molar-refractivity contribution is 0.109. The van der Waals surface area contributed by atoms with E-state index in [-0.39, 0.29) is 5.89 Å². The van der Waals surface area contributed by atoms with E-state index in [0.29, 0.717) is 6.29 Å². The van der Waals surface area contributed by atoms with Crippen LogP contribution in [0.5, 0.6) is 0 Å². The summed E-state index contributed by atoms with van der Waals surface area (Å²) in [5.74, 6) is 0.137. The number of carbonyl (C=O) groups excluding carboxylic acids is 1. The molecule has 2 aromatic rings. The SMILES string of the molecule is O=Cc1nc(-c2ccc3c(c2)CCCC3)co1. The molecule has 0 aliphatic heterocycles. The van der Waals surface area contributed by atoms with E-state index < -0.39 is 0 Å². The number of benzene rings is 1. The summed E-state index contributed by atoms with van der Waals surface area (Å²) < 4.78 is 5.03. The average Bonchev–Trinajstić information content (AvgIpc) is 2.87. The molecule has 86 valence electrons. The van der Waals surface area contributed by atoms with E-state index in [9.17, 15) is 4.79 Å². The van der Waals surface area contributed by atoms with Gasteiger partial charge in [0, 0.05) is 5.56 Å². The number of carbonyl (C=O) groups is 1. The van der Waals surface area contributed by atoms with Gasteiger partial charge < -0.3 is 4.42 Å². The zero-order chi connectivity index (χ0) is 11.7. The monoisotopic (exact) mass is 227 g/mol. The molecule has 0 unspecified atom stereocenters. The van der Waals surface area contributed by atoms with E-state index in [0.717, 1.165) is 17.7 Å². The van der Waals surface area contributed by atoms with Crippen molar-refractivity contribution >= 4 is 6.29 Å². The summed E-state index contributed by atoms with van der Waals surface area (Å²) in [5, 5.41) is 0. The van der Waals surface area contributed by atoms with Crippen molar-refractivity contribution in [1.82, 2.24) is 4.98 Å². The summed E-state index contributed by atoms with van der Waals surface area (Å²) in [6, 6.07) is 6.39. The van der Waals surface area contributed by atoms with Crippen LogP contribution in [0, 0.1) is 0 Å². The Hall–Kier alpha value is -1.90. The molecule has 0 amide bonds. The van der Waals surface area contributed by atoms with E-state index in [1.54, 1.807) is 0 Å². The van der Waals surface area contributed by atoms with Crippen LogP contribution in [0.25, 0.3) is 11.3 Å². The minimum absolute atomic E-state index is 0.137. The fourth-order valence-corrected chi connectivity index (χ4v) is 2.37. The van der Waals surface area contributed by atoms with Gasteiger partial charge in [-0.1, -0.05) is 12.1 Å². The third kappa shape index (κ3) is 1.88. The molecule has 1 aromatic carbocycles. The van der Waals surface area contributed by atoms with Gasteiger partial charge >= 0.3 is 0 Å². The van der Waals surface area contributed by atoms with Gasteiger partial charge in [0.15, 0.2) is 0 Å². The molecule has 0 saturated heterocycles. The Kier molecular flexibility index (Phi) is 2.52. The van der Waals surface area contributed by atoms with E-state index >= 15 is 0 Å². The molecule has 1 aliphatic carbocycles. The van der Waals surface area contributed by atoms with Gasteiger partial charge in [0.05, 0.1) is 0 Å². The number of hydrogen-bond donors (Lipinski definition) is 0. The Balaban J connectivity index is 2.00. The lowest BCUT2D eigenvalue weighted by Gasteiger charge is -2.15. The van der Waals surface area contributed by atoms with Crippen LogP contribution in [0.1, 0.15) is 34.7 Å². The molecule has 3 nitrogen and oxygen atoms in total. The molecule has 17 heavy (non-hydrogen) atoms. The minimum atomic E-state index is 0.137. The molecule has 0 N–H and O–H groups in total. The van der Waals surface area contributed by atoms with Gasteiger partial charge in [-0.05, 0) is 42.9 Å². The highest BCUT2D eigenvalue weighted by molar-refractivity contribution is 5.70. The van der Waals surface area contributed by atoms with Crippen LogP contribution in [-0.2, 0) is 12.8 Å². The summed E-state index contributed by atoms with van der Waals surface area (Å²) in [6.45, 7) is 0. The van der Waals surface area contributed by atoms with Gasteiger partial charge in [-0.15, -0.1) is 0 Å². The molecule has 0 atom stereocenters. The van der Waals surface area contributed by atoms with E-state index in [4.69, 9.17) is 4.42 Å². The van der Waals surface area contributed by atoms with Crippen LogP contribution >= 0.6 is 0 Å². The number of hydrogen-bond acceptors (Lipinski definition) is 3. The van der Waals surface area contributed by atoms with Gasteiger partial charge in [-0.2, -0.15) is 0 Å². The van der Waals surface area contributed by atoms with E-state index in [2.05, 4.69) is 23.2 Å². The zero-order valence-electron chi connectivity index (χ0n) is 9.48. The number of nitrogens with zero attached hydrogens (tertiary/aromatic N) is 1. The molecule has 3 rings (SSSR count). The summed E-state index contributed by atoms with van der Waals surface area (Å²) in [6.07, 6.45) is 7.02. The highest BCUT2D eigenvalue weighted by Gasteiger charge is 2.12. The van der Waals surface area contributed by atoms with Gasteiger partial charge in [0.2, 0.25) is 6.29 Å². The van der Waals surface area contributed by atoms with Crippen molar-refractivity contribution in [1.29, 1.82) is 0 Å². The first-order chi connectivity index (χ1) is 8.36. The lowest BCUT2D eigenvalue weighted by Crippen LogP contribution is -2.02. The normalized spacial score (nSPS) is 14.4. The van der Waals surface area contributed by atoms with Crippen molar-refractivity contribution in [3.63, 3.8) is 0 Å². The minimum Gasteiger partial charge on any atom is -0.442 e. The van der Waals surface area contributed by atoms with Gasteiger partial charge in [0.25, 0.3) is 5.89 Å². The maximum Gasteiger partial charge on any atom is 0.260 e. The summed E-state index contributed by atoms with van der Waals surface area (Å²) in [7, 11) is 0. The number of fused-ring (bicyclic) bond motifs is 1. The first-order valence-corrected chi connectivity index (χ1v) is 5.90. The van der Waals surface area contributed by atoms with Gasteiger partial charge in [-0.25, -0.2) is 4.98 Å². The molecule has 0 spiro atoms. The molecule has 1 aromatic heterocycles. The van der Waals surface area contributed by atoms with Crippen LogP contribution in [-0.4, -0.2) is 11.3 Å². The fraction of sp³-hybridized carbons (Fsp3) is 0.286. The predicted octanol–water partition coefficient (Wildman–Crippen LogP) is 3.03. The molecule has 3 heteroatoms. The standard InChI is InChI=1S/C14H13NO2/c16-8-14-15-13(9-17-14)12-6-5-10-3-1-2-4-11(10)7-12/h5-9H,1-4H2. The highest BCUT2D eigenvalue weighted by Crippen LogP contribution is 2.26. The largest absolute Gasteiger partial charge is 0.442 e. The summed E-state index contributed by atoms with van der Waals surface area (Å²) in [5.41, 5.74) is 4.62. The second kappa shape index (κ2) is 4.17. The Morgan fingerprint density at radius 1 is 1.18 bits per heavy atom.